The molecule has 0 radical (unpaired) electrons. The van der Waals surface area contributed by atoms with E-state index in [1.54, 1.807) is 6.92 Å². The highest BCUT2D eigenvalue weighted by Crippen LogP contribution is 2.52. The van der Waals surface area contributed by atoms with Crippen LogP contribution in [-0.2, 0) is 9.59 Å². The van der Waals surface area contributed by atoms with Crippen LogP contribution in [-0.4, -0.2) is 35.3 Å². The Morgan fingerprint density at radius 1 is 1.39 bits per heavy atom. The Bertz CT molecular complexity index is 376. The van der Waals surface area contributed by atoms with Crippen molar-refractivity contribution in [1.82, 2.24) is 10.2 Å². The Morgan fingerprint density at radius 3 is 2.39 bits per heavy atom. The molecule has 2 aliphatic rings. The molecule has 2 fully saturated rings. The first-order chi connectivity index (χ1) is 8.24. The first kappa shape index (κ1) is 13.4. The van der Waals surface area contributed by atoms with Crippen LogP contribution in [0.25, 0.3) is 0 Å². The van der Waals surface area contributed by atoms with Crippen molar-refractivity contribution in [1.29, 1.82) is 0 Å². The van der Waals surface area contributed by atoms with Crippen LogP contribution in [0, 0.1) is 17.3 Å². The van der Waals surface area contributed by atoms with Crippen LogP contribution in [0.1, 0.15) is 41.0 Å². The van der Waals surface area contributed by atoms with Crippen LogP contribution in [0.3, 0.4) is 0 Å². The monoisotopic (exact) mass is 252 g/mol. The number of hydrogen-bond acceptors (Lipinski definition) is 2. The van der Waals surface area contributed by atoms with Crippen molar-refractivity contribution in [3.8, 4) is 0 Å². The first-order valence-corrected chi connectivity index (χ1v) is 6.85. The summed E-state index contributed by atoms with van der Waals surface area (Å²) < 4.78 is 0. The van der Waals surface area contributed by atoms with E-state index in [9.17, 15) is 9.59 Å². The number of rotatable bonds is 3. The van der Waals surface area contributed by atoms with E-state index < -0.39 is 0 Å². The van der Waals surface area contributed by atoms with E-state index in [2.05, 4.69) is 19.2 Å². The molecule has 1 aliphatic carbocycles. The summed E-state index contributed by atoms with van der Waals surface area (Å²) in [6, 6.07) is -0.681. The average Bonchev–Trinajstić information content (AvgIpc) is 2.81. The third-order valence-electron chi connectivity index (χ3n) is 4.38. The van der Waals surface area contributed by atoms with Gasteiger partial charge in [0.15, 0.2) is 0 Å². The molecule has 4 heteroatoms. The second kappa shape index (κ2) is 4.25. The molecule has 0 bridgehead atoms. The van der Waals surface area contributed by atoms with Gasteiger partial charge in [0.1, 0.15) is 12.1 Å². The quantitative estimate of drug-likeness (QED) is 0.825. The van der Waals surface area contributed by atoms with Crippen molar-refractivity contribution in [2.75, 3.05) is 6.54 Å². The number of carbonyl (C=O) groups is 2. The fourth-order valence-corrected chi connectivity index (χ4v) is 2.88. The summed E-state index contributed by atoms with van der Waals surface area (Å²) in [4.78, 5) is 26.1. The summed E-state index contributed by atoms with van der Waals surface area (Å²) in [5.74, 6) is 0.760. The van der Waals surface area contributed by atoms with E-state index >= 15 is 0 Å². The van der Waals surface area contributed by atoms with Crippen molar-refractivity contribution in [2.24, 2.45) is 17.3 Å². The molecule has 0 aromatic rings. The van der Waals surface area contributed by atoms with Crippen molar-refractivity contribution in [3.63, 3.8) is 0 Å². The highest BCUT2D eigenvalue weighted by Gasteiger charge is 2.50. The maximum absolute atomic E-state index is 12.3. The summed E-state index contributed by atoms with van der Waals surface area (Å²) >= 11 is 0. The Hall–Kier alpha value is -1.06. The molecule has 0 spiro atoms. The number of amides is 2. The summed E-state index contributed by atoms with van der Waals surface area (Å²) in [6.45, 7) is 10.9. The molecule has 1 heterocycles. The van der Waals surface area contributed by atoms with Gasteiger partial charge in [0.2, 0.25) is 11.8 Å². The Kier molecular flexibility index (Phi) is 3.16. The van der Waals surface area contributed by atoms with Crippen molar-refractivity contribution in [2.45, 2.75) is 53.1 Å². The normalized spacial score (nSPS) is 34.8. The topological polar surface area (TPSA) is 49.4 Å². The lowest BCUT2D eigenvalue weighted by molar-refractivity contribution is -0.151. The van der Waals surface area contributed by atoms with Gasteiger partial charge in [0, 0.05) is 6.54 Å². The van der Waals surface area contributed by atoms with Gasteiger partial charge in [-0.15, -0.1) is 0 Å². The standard InChI is InChI=1S/C14H24N2O2/c1-8(2)11-12(17)15-9(3)13(18)16(11)7-10-6-14(10,4)5/h8-11H,6-7H2,1-5H3,(H,15,17). The zero-order valence-electron chi connectivity index (χ0n) is 12.0. The summed E-state index contributed by atoms with van der Waals surface area (Å²) in [5.41, 5.74) is 0.332. The van der Waals surface area contributed by atoms with Crippen LogP contribution < -0.4 is 5.32 Å². The Balaban J connectivity index is 2.15. The molecule has 2 amide bonds. The van der Waals surface area contributed by atoms with E-state index in [-0.39, 0.29) is 29.8 Å². The third kappa shape index (κ3) is 2.25. The maximum atomic E-state index is 12.3. The SMILES string of the molecule is CC1NC(=O)C(C(C)C)N(CC2CC2(C)C)C1=O. The number of piperazine rings is 1. The summed E-state index contributed by atoms with van der Waals surface area (Å²) in [6.07, 6.45) is 1.15. The van der Waals surface area contributed by atoms with Gasteiger partial charge >= 0.3 is 0 Å². The fourth-order valence-electron chi connectivity index (χ4n) is 2.88. The largest absolute Gasteiger partial charge is 0.343 e. The van der Waals surface area contributed by atoms with Gasteiger partial charge in [0.25, 0.3) is 0 Å². The fraction of sp³-hybridized carbons (Fsp3) is 0.857. The van der Waals surface area contributed by atoms with E-state index in [4.69, 9.17) is 0 Å². The molecule has 3 atom stereocenters. The van der Waals surface area contributed by atoms with Gasteiger partial charge in [0.05, 0.1) is 0 Å². The minimum Gasteiger partial charge on any atom is -0.343 e. The molecule has 3 unspecified atom stereocenters. The van der Waals surface area contributed by atoms with Crippen LogP contribution >= 0.6 is 0 Å². The third-order valence-corrected chi connectivity index (χ3v) is 4.38. The number of nitrogens with one attached hydrogen (secondary N) is 1. The average molecular weight is 252 g/mol. The molecule has 18 heavy (non-hydrogen) atoms. The van der Waals surface area contributed by atoms with Crippen LogP contribution in [0.4, 0.5) is 0 Å². The van der Waals surface area contributed by atoms with Gasteiger partial charge < -0.3 is 10.2 Å². The predicted octanol–water partition coefficient (Wildman–Crippen LogP) is 1.40. The lowest BCUT2D eigenvalue weighted by Crippen LogP contribution is -2.64. The van der Waals surface area contributed by atoms with Gasteiger partial charge in [-0.25, -0.2) is 0 Å². The van der Waals surface area contributed by atoms with Crippen LogP contribution in [0.2, 0.25) is 0 Å². The minimum atomic E-state index is -0.380. The second-order valence-electron chi connectivity index (χ2n) is 6.80. The molecule has 4 nitrogen and oxygen atoms in total. The van der Waals surface area contributed by atoms with E-state index in [1.807, 2.05) is 18.7 Å². The molecule has 1 aliphatic heterocycles. The zero-order chi connectivity index (χ0) is 13.7. The second-order valence-corrected chi connectivity index (χ2v) is 6.80. The lowest BCUT2D eigenvalue weighted by atomic mass is 9.96. The number of nitrogens with zero attached hydrogens (tertiary/aromatic N) is 1. The first-order valence-electron chi connectivity index (χ1n) is 6.85. The van der Waals surface area contributed by atoms with Gasteiger partial charge in [-0.1, -0.05) is 27.7 Å². The van der Waals surface area contributed by atoms with E-state index in [0.29, 0.717) is 11.3 Å². The molecular weight excluding hydrogens is 228 g/mol. The van der Waals surface area contributed by atoms with Gasteiger partial charge in [-0.3, -0.25) is 9.59 Å². The van der Waals surface area contributed by atoms with E-state index in [1.165, 1.54) is 0 Å². The van der Waals surface area contributed by atoms with Crippen molar-refractivity contribution >= 4 is 11.8 Å². The molecule has 0 aromatic heterocycles. The van der Waals surface area contributed by atoms with Crippen molar-refractivity contribution < 1.29 is 9.59 Å². The molecule has 1 N–H and O–H groups in total. The number of hydrogen-bond donors (Lipinski definition) is 1. The Morgan fingerprint density at radius 2 is 1.94 bits per heavy atom. The zero-order valence-corrected chi connectivity index (χ0v) is 12.0. The van der Waals surface area contributed by atoms with Crippen molar-refractivity contribution in [3.05, 3.63) is 0 Å². The Labute approximate surface area is 109 Å². The highest BCUT2D eigenvalue weighted by molar-refractivity contribution is 5.96. The van der Waals surface area contributed by atoms with Gasteiger partial charge in [-0.2, -0.15) is 0 Å². The molecule has 1 saturated carbocycles. The van der Waals surface area contributed by atoms with Crippen LogP contribution in [0.5, 0.6) is 0 Å². The van der Waals surface area contributed by atoms with Crippen LogP contribution in [0.15, 0.2) is 0 Å². The molecular formula is C14H24N2O2. The predicted molar refractivity (Wildman–Crippen MR) is 69.8 cm³/mol. The molecule has 2 rings (SSSR count). The molecule has 0 aromatic carbocycles. The highest BCUT2D eigenvalue weighted by atomic mass is 16.2. The summed E-state index contributed by atoms with van der Waals surface area (Å²) in [5, 5.41) is 2.77. The van der Waals surface area contributed by atoms with Gasteiger partial charge in [-0.05, 0) is 30.6 Å². The van der Waals surface area contributed by atoms with E-state index in [0.717, 1.165) is 13.0 Å². The summed E-state index contributed by atoms with van der Waals surface area (Å²) in [7, 11) is 0. The maximum Gasteiger partial charge on any atom is 0.245 e. The molecule has 1 saturated heterocycles. The number of carbonyl (C=O) groups excluding carboxylic acids is 2. The lowest BCUT2D eigenvalue weighted by Gasteiger charge is -2.40. The minimum absolute atomic E-state index is 0.00411. The smallest absolute Gasteiger partial charge is 0.245 e. The molecule has 102 valence electrons.